The van der Waals surface area contributed by atoms with E-state index in [0.29, 0.717) is 0 Å². The first-order valence-corrected chi connectivity index (χ1v) is 6.48. The fourth-order valence-corrected chi connectivity index (χ4v) is 2.50. The highest BCUT2D eigenvalue weighted by molar-refractivity contribution is 5.85. The van der Waals surface area contributed by atoms with Crippen LogP contribution in [0.4, 0.5) is 0 Å². The topological polar surface area (TPSA) is 138 Å². The molecule has 0 atom stereocenters. The van der Waals surface area contributed by atoms with Crippen LogP contribution in [-0.2, 0) is 9.59 Å². The van der Waals surface area contributed by atoms with E-state index in [4.69, 9.17) is 22.9 Å². The summed E-state index contributed by atoms with van der Waals surface area (Å²) in [6.07, 6.45) is 7.23. The zero-order chi connectivity index (χ0) is 13.8. The molecule has 0 bridgehead atoms. The van der Waals surface area contributed by atoms with E-state index in [1.807, 2.05) is 0 Å². The van der Waals surface area contributed by atoms with Gasteiger partial charge in [0, 0.05) is 0 Å². The summed E-state index contributed by atoms with van der Waals surface area (Å²) in [4.78, 5) is 21.2. The normalized spacial score (nSPS) is 24.1. The third-order valence-electron chi connectivity index (χ3n) is 3.97. The first-order valence-electron chi connectivity index (χ1n) is 6.48. The fourth-order valence-electron chi connectivity index (χ4n) is 2.50. The minimum Gasteiger partial charge on any atom is -0.368 e. The molecule has 0 unspecified atom stereocenters. The van der Waals surface area contributed by atoms with Gasteiger partial charge in [-0.2, -0.15) is 0 Å². The van der Waals surface area contributed by atoms with Crippen LogP contribution in [0.3, 0.4) is 0 Å². The lowest BCUT2D eigenvalue weighted by atomic mass is 9.99. The second kappa shape index (κ2) is 5.67. The SMILES string of the molecule is NC(=O)C1(N)CCCC1.NC(=O)C1(N)CCCC1. The Morgan fingerprint density at radius 2 is 0.889 bits per heavy atom. The number of rotatable bonds is 2. The minimum absolute atomic E-state index is 0.347. The van der Waals surface area contributed by atoms with E-state index < -0.39 is 11.1 Å². The first kappa shape index (κ1) is 14.9. The molecule has 18 heavy (non-hydrogen) atoms. The Hall–Kier alpha value is -1.14. The van der Waals surface area contributed by atoms with Gasteiger partial charge in [0.1, 0.15) is 0 Å². The Morgan fingerprint density at radius 3 is 1.00 bits per heavy atom. The first-order chi connectivity index (χ1) is 8.30. The summed E-state index contributed by atoms with van der Waals surface area (Å²) >= 11 is 0. The number of hydrogen-bond acceptors (Lipinski definition) is 4. The van der Waals surface area contributed by atoms with Crippen molar-refractivity contribution in [3.63, 3.8) is 0 Å². The molecule has 0 saturated heterocycles. The van der Waals surface area contributed by atoms with Crippen LogP contribution in [0.15, 0.2) is 0 Å². The van der Waals surface area contributed by atoms with Gasteiger partial charge >= 0.3 is 0 Å². The maximum absolute atomic E-state index is 10.6. The van der Waals surface area contributed by atoms with Gasteiger partial charge in [0.15, 0.2) is 0 Å². The van der Waals surface area contributed by atoms with Gasteiger partial charge in [-0.3, -0.25) is 9.59 Å². The standard InChI is InChI=1S/2C6H12N2O/c2*7-5(9)6(8)3-1-2-4-6/h2*1-4,8H2,(H2,7,9). The molecule has 2 amide bonds. The van der Waals surface area contributed by atoms with Crippen LogP contribution in [0.2, 0.25) is 0 Å². The van der Waals surface area contributed by atoms with E-state index in [1.54, 1.807) is 0 Å². The van der Waals surface area contributed by atoms with Crippen molar-refractivity contribution in [3.05, 3.63) is 0 Å². The molecule has 2 saturated carbocycles. The molecule has 0 aromatic heterocycles. The molecule has 0 aromatic carbocycles. The quantitative estimate of drug-likeness (QED) is 0.528. The Morgan fingerprint density at radius 1 is 0.667 bits per heavy atom. The summed E-state index contributed by atoms with van der Waals surface area (Å²) < 4.78 is 0. The second-order valence-electron chi connectivity index (χ2n) is 5.45. The van der Waals surface area contributed by atoms with Crippen molar-refractivity contribution < 1.29 is 9.59 Å². The molecule has 0 aliphatic heterocycles. The Balaban J connectivity index is 0.000000180. The van der Waals surface area contributed by atoms with Crippen LogP contribution in [0.5, 0.6) is 0 Å². The molecule has 2 aliphatic carbocycles. The number of nitrogens with two attached hydrogens (primary N) is 4. The van der Waals surface area contributed by atoms with Crippen LogP contribution in [-0.4, -0.2) is 22.9 Å². The largest absolute Gasteiger partial charge is 0.368 e. The summed E-state index contributed by atoms with van der Waals surface area (Å²) in [7, 11) is 0. The van der Waals surface area contributed by atoms with Gasteiger partial charge < -0.3 is 22.9 Å². The zero-order valence-corrected chi connectivity index (χ0v) is 10.8. The smallest absolute Gasteiger partial charge is 0.237 e. The molecule has 0 heterocycles. The van der Waals surface area contributed by atoms with Crippen molar-refractivity contribution >= 4 is 11.8 Å². The van der Waals surface area contributed by atoms with Gasteiger partial charge in [-0.05, 0) is 25.7 Å². The summed E-state index contributed by atoms with van der Waals surface area (Å²) in [5.74, 6) is -0.694. The molecular weight excluding hydrogens is 232 g/mol. The van der Waals surface area contributed by atoms with Crippen LogP contribution in [0.25, 0.3) is 0 Å². The third kappa shape index (κ3) is 3.43. The molecule has 6 nitrogen and oxygen atoms in total. The van der Waals surface area contributed by atoms with Crippen molar-refractivity contribution in [3.8, 4) is 0 Å². The summed E-state index contributed by atoms with van der Waals surface area (Å²) in [6, 6.07) is 0. The van der Waals surface area contributed by atoms with Crippen LogP contribution < -0.4 is 22.9 Å². The maximum atomic E-state index is 10.6. The molecule has 104 valence electrons. The average molecular weight is 256 g/mol. The summed E-state index contributed by atoms with van der Waals surface area (Å²) in [6.45, 7) is 0. The highest BCUT2D eigenvalue weighted by Crippen LogP contribution is 2.26. The molecular formula is C12H24N4O2. The summed E-state index contributed by atoms with van der Waals surface area (Å²) in [5.41, 5.74) is 20.1. The molecule has 2 rings (SSSR count). The maximum Gasteiger partial charge on any atom is 0.237 e. The Kier molecular flexibility index (Phi) is 4.70. The van der Waals surface area contributed by atoms with E-state index in [-0.39, 0.29) is 11.8 Å². The van der Waals surface area contributed by atoms with Crippen molar-refractivity contribution in [2.75, 3.05) is 0 Å². The molecule has 8 N–H and O–H groups in total. The van der Waals surface area contributed by atoms with Crippen molar-refractivity contribution in [2.45, 2.75) is 62.4 Å². The molecule has 0 spiro atoms. The molecule has 0 radical (unpaired) electrons. The Bertz CT molecular complexity index is 286. The highest BCUT2D eigenvalue weighted by atomic mass is 16.2. The fraction of sp³-hybridized carbons (Fsp3) is 0.833. The number of hydrogen-bond donors (Lipinski definition) is 4. The zero-order valence-electron chi connectivity index (χ0n) is 10.8. The van der Waals surface area contributed by atoms with E-state index in [2.05, 4.69) is 0 Å². The van der Waals surface area contributed by atoms with Gasteiger partial charge in [0.2, 0.25) is 11.8 Å². The van der Waals surface area contributed by atoms with Gasteiger partial charge in [-0.15, -0.1) is 0 Å². The van der Waals surface area contributed by atoms with E-state index >= 15 is 0 Å². The van der Waals surface area contributed by atoms with Gasteiger partial charge in [-0.25, -0.2) is 0 Å². The van der Waals surface area contributed by atoms with E-state index in [0.717, 1.165) is 51.4 Å². The van der Waals surface area contributed by atoms with Crippen LogP contribution >= 0.6 is 0 Å². The molecule has 2 aliphatic rings. The monoisotopic (exact) mass is 256 g/mol. The number of carbonyl (C=O) groups excluding carboxylic acids is 2. The number of carbonyl (C=O) groups is 2. The lowest BCUT2D eigenvalue weighted by molar-refractivity contribution is -0.123. The third-order valence-corrected chi connectivity index (χ3v) is 3.97. The predicted octanol–water partition coefficient (Wildman–Crippen LogP) is -0.514. The average Bonchev–Trinajstić information content (AvgIpc) is 2.90. The minimum atomic E-state index is -0.667. The van der Waals surface area contributed by atoms with E-state index in [1.165, 1.54) is 0 Å². The predicted molar refractivity (Wildman–Crippen MR) is 69.2 cm³/mol. The lowest BCUT2D eigenvalue weighted by Gasteiger charge is -2.17. The molecule has 2 fully saturated rings. The van der Waals surface area contributed by atoms with Crippen molar-refractivity contribution in [1.29, 1.82) is 0 Å². The van der Waals surface area contributed by atoms with Crippen LogP contribution in [0, 0.1) is 0 Å². The molecule has 6 heteroatoms. The van der Waals surface area contributed by atoms with Gasteiger partial charge in [-0.1, -0.05) is 25.7 Å². The Labute approximate surface area is 107 Å². The van der Waals surface area contributed by atoms with Crippen molar-refractivity contribution in [2.24, 2.45) is 22.9 Å². The van der Waals surface area contributed by atoms with Crippen LogP contribution in [0.1, 0.15) is 51.4 Å². The van der Waals surface area contributed by atoms with Crippen molar-refractivity contribution in [1.82, 2.24) is 0 Å². The van der Waals surface area contributed by atoms with Gasteiger partial charge in [0.25, 0.3) is 0 Å². The highest BCUT2D eigenvalue weighted by Gasteiger charge is 2.35. The number of amides is 2. The lowest BCUT2D eigenvalue weighted by Crippen LogP contribution is -2.49. The number of primary amides is 2. The summed E-state index contributed by atoms with van der Waals surface area (Å²) in [5, 5.41) is 0. The van der Waals surface area contributed by atoms with Gasteiger partial charge in [0.05, 0.1) is 11.1 Å². The molecule has 0 aromatic rings. The van der Waals surface area contributed by atoms with E-state index in [9.17, 15) is 9.59 Å². The second-order valence-corrected chi connectivity index (χ2v) is 5.45.